The van der Waals surface area contributed by atoms with Crippen molar-refractivity contribution in [1.29, 1.82) is 0 Å². The van der Waals surface area contributed by atoms with E-state index < -0.39 is 0 Å². The Hall–Kier alpha value is -0.910. The third-order valence-electron chi connectivity index (χ3n) is 7.41. The predicted molar refractivity (Wildman–Crippen MR) is 112 cm³/mol. The highest BCUT2D eigenvalue weighted by Crippen LogP contribution is 2.45. The van der Waals surface area contributed by atoms with Crippen LogP contribution < -0.4 is 10.6 Å². The van der Waals surface area contributed by atoms with Gasteiger partial charge in [-0.05, 0) is 42.9 Å². The van der Waals surface area contributed by atoms with E-state index in [1.54, 1.807) is 0 Å². The summed E-state index contributed by atoms with van der Waals surface area (Å²) < 4.78 is 0. The SMILES string of the molecule is CC(C)C1(C(C)C)CCN(C(=O)CCCCC2SC[C@H]3NC(=O)N[C@@H]23)CC1. The molecule has 0 spiro atoms. The zero-order chi connectivity index (χ0) is 19.6. The first-order valence-electron chi connectivity index (χ1n) is 10.8. The van der Waals surface area contributed by atoms with Crippen LogP contribution in [-0.2, 0) is 4.79 Å². The highest BCUT2D eigenvalue weighted by atomic mass is 32.2. The number of unbranched alkanes of at least 4 members (excludes halogenated alkanes) is 1. The van der Waals surface area contributed by atoms with Crippen LogP contribution in [0.4, 0.5) is 4.79 Å². The maximum atomic E-state index is 12.6. The van der Waals surface area contributed by atoms with Crippen LogP contribution in [0.3, 0.4) is 0 Å². The normalized spacial score (nSPS) is 29.8. The highest BCUT2D eigenvalue weighted by molar-refractivity contribution is 8.00. The van der Waals surface area contributed by atoms with Crippen molar-refractivity contribution in [3.05, 3.63) is 0 Å². The fraction of sp³-hybridized carbons (Fsp3) is 0.905. The molecule has 3 fully saturated rings. The molecule has 1 unspecified atom stereocenters. The molecule has 0 aromatic rings. The van der Waals surface area contributed by atoms with Crippen LogP contribution in [0.5, 0.6) is 0 Å². The number of hydrogen-bond acceptors (Lipinski definition) is 3. The molecule has 154 valence electrons. The minimum Gasteiger partial charge on any atom is -0.343 e. The second-order valence-corrected chi connectivity index (χ2v) is 10.6. The first kappa shape index (κ1) is 20.8. The Morgan fingerprint density at radius 3 is 2.44 bits per heavy atom. The predicted octanol–water partition coefficient (Wildman–Crippen LogP) is 3.63. The zero-order valence-electron chi connectivity index (χ0n) is 17.4. The maximum Gasteiger partial charge on any atom is 0.315 e. The van der Waals surface area contributed by atoms with Crippen molar-refractivity contribution in [2.24, 2.45) is 17.3 Å². The number of likely N-dealkylation sites (tertiary alicyclic amines) is 1. The number of thioether (sulfide) groups is 1. The van der Waals surface area contributed by atoms with E-state index in [1.165, 1.54) is 0 Å². The number of hydrogen-bond donors (Lipinski definition) is 2. The molecule has 2 N–H and O–H groups in total. The van der Waals surface area contributed by atoms with Crippen LogP contribution in [0.15, 0.2) is 0 Å². The Balaban J connectivity index is 1.36. The molecule has 3 heterocycles. The van der Waals surface area contributed by atoms with Gasteiger partial charge in [0.25, 0.3) is 0 Å². The summed E-state index contributed by atoms with van der Waals surface area (Å²) in [5.41, 5.74) is 0.396. The van der Waals surface area contributed by atoms with Gasteiger partial charge in [-0.3, -0.25) is 4.79 Å². The average molecular weight is 396 g/mol. The smallest absolute Gasteiger partial charge is 0.315 e. The number of nitrogens with one attached hydrogen (secondary N) is 2. The number of urea groups is 1. The molecule has 5 nitrogen and oxygen atoms in total. The Labute approximate surface area is 168 Å². The molecule has 0 aliphatic carbocycles. The standard InChI is InChI=1S/C21H37N3O2S/c1-14(2)21(15(3)4)9-11-24(12-10-21)18(25)8-6-5-7-17-19-16(13-27-17)22-20(26)23-19/h14-17,19H,5-13H2,1-4H3,(H2,22,23,26)/t16-,17?,19-/m1/s1. The first-order chi connectivity index (χ1) is 12.8. The van der Waals surface area contributed by atoms with Crippen LogP contribution in [-0.4, -0.2) is 53.0 Å². The number of rotatable bonds is 7. The number of nitrogens with zero attached hydrogens (tertiary/aromatic N) is 1. The molecule has 0 bridgehead atoms. The summed E-state index contributed by atoms with van der Waals surface area (Å²) in [5, 5.41) is 6.53. The van der Waals surface area contributed by atoms with Gasteiger partial charge in [-0.15, -0.1) is 0 Å². The molecule has 0 saturated carbocycles. The Morgan fingerprint density at radius 2 is 1.81 bits per heavy atom. The third-order valence-corrected chi connectivity index (χ3v) is 8.92. The van der Waals surface area contributed by atoms with Crippen LogP contribution in [0.1, 0.15) is 66.2 Å². The van der Waals surface area contributed by atoms with E-state index in [1.807, 2.05) is 11.8 Å². The van der Waals surface area contributed by atoms with E-state index in [9.17, 15) is 9.59 Å². The summed E-state index contributed by atoms with van der Waals surface area (Å²) in [7, 11) is 0. The fourth-order valence-corrected chi connectivity index (χ4v) is 6.96. The molecular formula is C21H37N3O2S. The lowest BCUT2D eigenvalue weighted by molar-refractivity contribution is -0.135. The molecular weight excluding hydrogens is 358 g/mol. The number of carbonyl (C=O) groups is 2. The van der Waals surface area contributed by atoms with Gasteiger partial charge in [-0.25, -0.2) is 4.79 Å². The van der Waals surface area contributed by atoms with Gasteiger partial charge >= 0.3 is 6.03 Å². The van der Waals surface area contributed by atoms with E-state index in [4.69, 9.17) is 0 Å². The largest absolute Gasteiger partial charge is 0.343 e. The van der Waals surface area contributed by atoms with Crippen molar-refractivity contribution in [3.8, 4) is 0 Å². The van der Waals surface area contributed by atoms with Crippen molar-refractivity contribution < 1.29 is 9.59 Å². The van der Waals surface area contributed by atoms with Gasteiger partial charge in [0, 0.05) is 30.5 Å². The van der Waals surface area contributed by atoms with E-state index in [0.29, 0.717) is 40.9 Å². The molecule has 0 radical (unpaired) electrons. The number of piperidine rings is 1. The molecule has 0 aromatic heterocycles. The summed E-state index contributed by atoms with van der Waals surface area (Å²) in [6, 6.07) is 0.555. The topological polar surface area (TPSA) is 61.4 Å². The minimum atomic E-state index is -0.0190. The zero-order valence-corrected chi connectivity index (χ0v) is 18.2. The van der Waals surface area contributed by atoms with Crippen molar-refractivity contribution in [3.63, 3.8) is 0 Å². The third kappa shape index (κ3) is 4.41. The van der Waals surface area contributed by atoms with Gasteiger partial charge < -0.3 is 15.5 Å². The van der Waals surface area contributed by atoms with Gasteiger partial charge in [0.2, 0.25) is 5.91 Å². The summed E-state index contributed by atoms with van der Waals surface area (Å²) in [5.74, 6) is 2.69. The number of fused-ring (bicyclic) bond motifs is 1. The van der Waals surface area contributed by atoms with Crippen LogP contribution in [0, 0.1) is 17.3 Å². The second kappa shape index (κ2) is 8.62. The molecule has 3 aliphatic rings. The van der Waals surface area contributed by atoms with E-state index in [2.05, 4.69) is 43.2 Å². The molecule has 3 rings (SSSR count). The number of carbonyl (C=O) groups excluding carboxylic acids is 2. The van der Waals surface area contributed by atoms with Crippen LogP contribution >= 0.6 is 11.8 Å². The van der Waals surface area contributed by atoms with Gasteiger partial charge in [0.05, 0.1) is 12.1 Å². The molecule has 3 atom stereocenters. The Bertz CT molecular complexity index is 534. The van der Waals surface area contributed by atoms with Gasteiger partial charge in [0.15, 0.2) is 0 Å². The van der Waals surface area contributed by atoms with Crippen molar-refractivity contribution in [2.45, 2.75) is 83.6 Å². The van der Waals surface area contributed by atoms with E-state index >= 15 is 0 Å². The second-order valence-electron chi connectivity index (χ2n) is 9.29. The fourth-order valence-electron chi connectivity index (χ4n) is 5.42. The highest BCUT2D eigenvalue weighted by Gasteiger charge is 2.43. The monoisotopic (exact) mass is 395 g/mol. The molecule has 6 heteroatoms. The average Bonchev–Trinajstić information content (AvgIpc) is 3.17. The van der Waals surface area contributed by atoms with Crippen molar-refractivity contribution in [2.75, 3.05) is 18.8 Å². The molecule has 27 heavy (non-hydrogen) atoms. The van der Waals surface area contributed by atoms with E-state index in [0.717, 1.165) is 50.9 Å². The lowest BCUT2D eigenvalue weighted by Gasteiger charge is -2.47. The summed E-state index contributed by atoms with van der Waals surface area (Å²) in [6.45, 7) is 11.2. The minimum absolute atomic E-state index is 0.0190. The summed E-state index contributed by atoms with van der Waals surface area (Å²) >= 11 is 1.96. The first-order valence-corrected chi connectivity index (χ1v) is 11.8. The van der Waals surface area contributed by atoms with Gasteiger partial charge in [0.1, 0.15) is 0 Å². The Kier molecular flexibility index (Phi) is 6.65. The van der Waals surface area contributed by atoms with Crippen molar-refractivity contribution >= 4 is 23.7 Å². The van der Waals surface area contributed by atoms with Gasteiger partial charge in [-0.1, -0.05) is 34.1 Å². The van der Waals surface area contributed by atoms with Crippen LogP contribution in [0.2, 0.25) is 0 Å². The molecule has 0 aromatic carbocycles. The quantitative estimate of drug-likeness (QED) is 0.511. The van der Waals surface area contributed by atoms with E-state index in [-0.39, 0.29) is 12.1 Å². The maximum absolute atomic E-state index is 12.6. The van der Waals surface area contributed by atoms with Gasteiger partial charge in [-0.2, -0.15) is 11.8 Å². The summed E-state index contributed by atoms with van der Waals surface area (Å²) in [6.07, 6.45) is 6.07. The summed E-state index contributed by atoms with van der Waals surface area (Å²) in [4.78, 5) is 26.2. The molecule has 3 aliphatic heterocycles. The molecule has 3 saturated heterocycles. The lowest BCUT2D eigenvalue weighted by atomic mass is 9.63. The Morgan fingerprint density at radius 1 is 1.15 bits per heavy atom. The van der Waals surface area contributed by atoms with Crippen LogP contribution in [0.25, 0.3) is 0 Å². The van der Waals surface area contributed by atoms with Crippen molar-refractivity contribution in [1.82, 2.24) is 15.5 Å². The lowest BCUT2D eigenvalue weighted by Crippen LogP contribution is -2.47. The number of amides is 3. The molecule has 3 amide bonds.